The van der Waals surface area contributed by atoms with E-state index in [4.69, 9.17) is 39.5 Å². The summed E-state index contributed by atoms with van der Waals surface area (Å²) in [5.74, 6) is 0.769. The van der Waals surface area contributed by atoms with E-state index in [1.165, 1.54) is 0 Å². The Labute approximate surface area is 154 Å². The van der Waals surface area contributed by atoms with Crippen molar-refractivity contribution in [3.05, 3.63) is 41.6 Å². The Morgan fingerprint density at radius 1 is 1.33 bits per heavy atom. The predicted octanol–water partition coefficient (Wildman–Crippen LogP) is 4.52. The van der Waals surface area contributed by atoms with Gasteiger partial charge in [-0.1, -0.05) is 52.5 Å². The lowest BCUT2D eigenvalue weighted by molar-refractivity contribution is 0.197. The fraction of sp³-hybridized carbons (Fsp3) is 0.375. The summed E-state index contributed by atoms with van der Waals surface area (Å²) in [6, 6.07) is 9.57. The molecule has 1 aliphatic rings. The summed E-state index contributed by atoms with van der Waals surface area (Å²) in [5, 5.41) is 6.98. The molecule has 1 amide bonds. The Morgan fingerprint density at radius 2 is 2.00 bits per heavy atom. The fourth-order valence-corrected chi connectivity index (χ4v) is 2.41. The molecule has 24 heavy (non-hydrogen) atoms. The maximum atomic E-state index is 11.9. The van der Waals surface area contributed by atoms with E-state index in [2.05, 4.69) is 10.4 Å². The number of nitrogens with one attached hydrogen (secondary N) is 1. The van der Waals surface area contributed by atoms with Crippen molar-refractivity contribution in [3.63, 3.8) is 0 Å². The third-order valence-electron chi connectivity index (χ3n) is 3.60. The number of hydrogen-bond donors (Lipinski definition) is 1. The Balaban J connectivity index is 1.80. The number of aryl methyl sites for hydroxylation is 1. The van der Waals surface area contributed by atoms with Gasteiger partial charge in [0.2, 0.25) is 9.67 Å². The molecule has 2 aromatic rings. The molecule has 1 aliphatic carbocycles. The number of benzene rings is 1. The summed E-state index contributed by atoms with van der Waals surface area (Å²) in [7, 11) is 0. The highest BCUT2D eigenvalue weighted by Gasteiger charge is 2.29. The normalized spacial score (nSPS) is 14.5. The first-order valence-electron chi connectivity index (χ1n) is 7.51. The van der Waals surface area contributed by atoms with E-state index in [-0.39, 0.29) is 6.54 Å². The molecule has 1 N–H and O–H groups in total. The Hall–Kier alpha value is -1.43. The Kier molecular flexibility index (Phi) is 4.95. The van der Waals surface area contributed by atoms with Crippen LogP contribution in [0.15, 0.2) is 30.3 Å². The zero-order chi connectivity index (χ0) is 17.3. The van der Waals surface area contributed by atoms with Crippen molar-refractivity contribution in [2.24, 2.45) is 0 Å². The molecule has 1 aromatic carbocycles. The number of carbonyl (C=O) groups excluding carboxylic acids is 1. The van der Waals surface area contributed by atoms with Crippen LogP contribution >= 0.6 is 34.8 Å². The van der Waals surface area contributed by atoms with Crippen LogP contribution in [0.3, 0.4) is 0 Å². The standard InChI is InChI=1S/C16H16Cl3N3O2/c1-10-2-6-12(7-3-10)22-14(8-13(21-22)11-4-5-11)24-15(23)20-9-16(17,18)19/h2-3,6-8,11H,4-5,9H2,1H3,(H,20,23). The number of rotatable bonds is 4. The van der Waals surface area contributed by atoms with Gasteiger partial charge in [0.1, 0.15) is 0 Å². The van der Waals surface area contributed by atoms with E-state index in [0.29, 0.717) is 11.8 Å². The maximum Gasteiger partial charge on any atom is 0.414 e. The second-order valence-corrected chi connectivity index (χ2v) is 8.30. The molecular weight excluding hydrogens is 373 g/mol. The summed E-state index contributed by atoms with van der Waals surface area (Å²) in [6.45, 7) is 1.86. The second kappa shape index (κ2) is 6.82. The molecule has 0 bridgehead atoms. The maximum absolute atomic E-state index is 11.9. The van der Waals surface area contributed by atoms with Gasteiger partial charge in [0.25, 0.3) is 0 Å². The van der Waals surface area contributed by atoms with E-state index in [9.17, 15) is 4.79 Å². The monoisotopic (exact) mass is 387 g/mol. The minimum atomic E-state index is -1.57. The van der Waals surface area contributed by atoms with Crippen molar-refractivity contribution in [1.29, 1.82) is 0 Å². The molecule has 0 radical (unpaired) electrons. The number of halogens is 3. The third kappa shape index (κ3) is 4.56. The number of nitrogens with zero attached hydrogens (tertiary/aromatic N) is 2. The molecule has 3 rings (SSSR count). The minimum absolute atomic E-state index is 0.148. The molecule has 1 aromatic heterocycles. The fourth-order valence-electron chi connectivity index (χ4n) is 2.21. The SMILES string of the molecule is Cc1ccc(-n2nc(C3CC3)cc2OC(=O)NCC(Cl)(Cl)Cl)cc1. The van der Waals surface area contributed by atoms with Crippen LogP contribution in [0.25, 0.3) is 5.69 Å². The molecular formula is C16H16Cl3N3O2. The first kappa shape index (κ1) is 17.4. The van der Waals surface area contributed by atoms with Crippen molar-refractivity contribution < 1.29 is 9.53 Å². The van der Waals surface area contributed by atoms with Crippen molar-refractivity contribution in [3.8, 4) is 11.6 Å². The van der Waals surface area contributed by atoms with Crippen molar-refractivity contribution in [2.75, 3.05) is 6.54 Å². The topological polar surface area (TPSA) is 56.2 Å². The van der Waals surface area contributed by atoms with Gasteiger partial charge < -0.3 is 10.1 Å². The Morgan fingerprint density at radius 3 is 2.58 bits per heavy atom. The largest absolute Gasteiger partial charge is 0.414 e. The second-order valence-electron chi connectivity index (χ2n) is 5.79. The van der Waals surface area contributed by atoms with E-state index in [1.54, 1.807) is 10.7 Å². The van der Waals surface area contributed by atoms with Crippen LogP contribution < -0.4 is 10.1 Å². The number of hydrogen-bond acceptors (Lipinski definition) is 3. The van der Waals surface area contributed by atoms with Crippen molar-refractivity contribution in [2.45, 2.75) is 29.5 Å². The first-order valence-corrected chi connectivity index (χ1v) is 8.65. The van der Waals surface area contributed by atoms with Crippen LogP contribution in [0, 0.1) is 6.92 Å². The van der Waals surface area contributed by atoms with Crippen LogP contribution in [0.1, 0.15) is 30.0 Å². The van der Waals surface area contributed by atoms with Gasteiger partial charge >= 0.3 is 6.09 Å². The number of alkyl halides is 3. The zero-order valence-electron chi connectivity index (χ0n) is 12.9. The summed E-state index contributed by atoms with van der Waals surface area (Å²) < 4.78 is 5.40. The van der Waals surface area contributed by atoms with Gasteiger partial charge in [-0.15, -0.1) is 0 Å². The summed E-state index contributed by atoms with van der Waals surface area (Å²) in [4.78, 5) is 11.9. The summed E-state index contributed by atoms with van der Waals surface area (Å²) in [6.07, 6.45) is 1.50. The Bertz CT molecular complexity index is 734. The van der Waals surface area contributed by atoms with Gasteiger partial charge in [-0.05, 0) is 31.9 Å². The summed E-state index contributed by atoms with van der Waals surface area (Å²) in [5.41, 5.74) is 2.87. The molecule has 1 fully saturated rings. The van der Waals surface area contributed by atoms with Crippen LogP contribution in [-0.2, 0) is 0 Å². The van der Waals surface area contributed by atoms with E-state index in [1.807, 2.05) is 31.2 Å². The molecule has 8 heteroatoms. The van der Waals surface area contributed by atoms with Crippen LogP contribution in [0.5, 0.6) is 5.88 Å². The lowest BCUT2D eigenvalue weighted by Gasteiger charge is -2.12. The van der Waals surface area contributed by atoms with Crippen LogP contribution in [0.4, 0.5) is 4.79 Å². The van der Waals surface area contributed by atoms with Gasteiger partial charge in [0.15, 0.2) is 0 Å². The molecule has 128 valence electrons. The van der Waals surface area contributed by atoms with Crippen molar-refractivity contribution >= 4 is 40.9 Å². The molecule has 0 spiro atoms. The molecule has 1 saturated carbocycles. The number of aromatic nitrogens is 2. The molecule has 0 saturated heterocycles. The van der Waals surface area contributed by atoms with E-state index in [0.717, 1.165) is 29.8 Å². The quantitative estimate of drug-likeness (QED) is 0.784. The van der Waals surface area contributed by atoms with Gasteiger partial charge in [-0.2, -0.15) is 5.10 Å². The molecule has 0 unspecified atom stereocenters. The lowest BCUT2D eigenvalue weighted by atomic mass is 10.2. The van der Waals surface area contributed by atoms with Gasteiger partial charge in [0.05, 0.1) is 17.9 Å². The smallest absolute Gasteiger partial charge is 0.391 e. The van der Waals surface area contributed by atoms with Gasteiger partial charge in [-0.3, -0.25) is 0 Å². The molecule has 0 aliphatic heterocycles. The highest BCUT2D eigenvalue weighted by atomic mass is 35.6. The highest BCUT2D eigenvalue weighted by molar-refractivity contribution is 6.67. The number of amides is 1. The molecule has 0 atom stereocenters. The highest BCUT2D eigenvalue weighted by Crippen LogP contribution is 2.41. The molecule has 1 heterocycles. The van der Waals surface area contributed by atoms with Crippen LogP contribution in [-0.4, -0.2) is 26.2 Å². The minimum Gasteiger partial charge on any atom is -0.391 e. The summed E-state index contributed by atoms with van der Waals surface area (Å²) >= 11 is 16.9. The van der Waals surface area contributed by atoms with Crippen LogP contribution in [0.2, 0.25) is 0 Å². The number of ether oxygens (including phenoxy) is 1. The van der Waals surface area contributed by atoms with Crippen molar-refractivity contribution in [1.82, 2.24) is 15.1 Å². The van der Waals surface area contributed by atoms with E-state index >= 15 is 0 Å². The third-order valence-corrected chi connectivity index (χ3v) is 4.00. The average molecular weight is 389 g/mol. The first-order chi connectivity index (χ1) is 11.3. The van der Waals surface area contributed by atoms with Gasteiger partial charge in [0, 0.05) is 12.0 Å². The average Bonchev–Trinajstić information content (AvgIpc) is 3.28. The van der Waals surface area contributed by atoms with E-state index < -0.39 is 9.89 Å². The zero-order valence-corrected chi connectivity index (χ0v) is 15.2. The molecule has 5 nitrogen and oxygen atoms in total. The number of carbonyl (C=O) groups is 1. The van der Waals surface area contributed by atoms with Gasteiger partial charge in [-0.25, -0.2) is 9.48 Å². The lowest BCUT2D eigenvalue weighted by Crippen LogP contribution is -2.34. The predicted molar refractivity (Wildman–Crippen MR) is 94.6 cm³/mol.